The number of anilines is 1. The van der Waals surface area contributed by atoms with Gasteiger partial charge in [-0.2, -0.15) is 5.10 Å². The van der Waals surface area contributed by atoms with Crippen molar-refractivity contribution in [3.63, 3.8) is 0 Å². The molecule has 2 aromatic heterocycles. The average Bonchev–Trinajstić information content (AvgIpc) is 2.99. The molecule has 128 valence electrons. The zero-order valence-corrected chi connectivity index (χ0v) is 13.6. The molecule has 1 amide bonds. The van der Waals surface area contributed by atoms with E-state index >= 15 is 0 Å². The molecule has 0 bridgehead atoms. The van der Waals surface area contributed by atoms with Crippen molar-refractivity contribution in [2.75, 3.05) is 19.4 Å². The van der Waals surface area contributed by atoms with E-state index in [1.54, 1.807) is 28.8 Å². The van der Waals surface area contributed by atoms with E-state index in [2.05, 4.69) is 10.3 Å². The van der Waals surface area contributed by atoms with Gasteiger partial charge in [-0.1, -0.05) is 5.16 Å². The largest absolute Gasteiger partial charge is 0.382 e. The second-order valence-corrected chi connectivity index (χ2v) is 6.56. The summed E-state index contributed by atoms with van der Waals surface area (Å²) in [6, 6.07) is 3.51. The number of likely N-dealkylation sites (tertiary alicyclic amines) is 1. The van der Waals surface area contributed by atoms with E-state index < -0.39 is 0 Å². The molecule has 3 heterocycles. The van der Waals surface area contributed by atoms with Gasteiger partial charge in [0.1, 0.15) is 5.82 Å². The minimum Gasteiger partial charge on any atom is -0.382 e. The first-order valence-electron chi connectivity index (χ1n) is 8.23. The number of nitrogen functional groups attached to an aromatic ring is 1. The summed E-state index contributed by atoms with van der Waals surface area (Å²) >= 11 is 0. The minimum atomic E-state index is -0.140. The molecule has 0 unspecified atom stereocenters. The fourth-order valence-electron chi connectivity index (χ4n) is 3.26. The van der Waals surface area contributed by atoms with Crippen LogP contribution >= 0.6 is 0 Å². The van der Waals surface area contributed by atoms with E-state index in [1.165, 1.54) is 0 Å². The van der Waals surface area contributed by atoms with Crippen LogP contribution in [-0.4, -0.2) is 51.5 Å². The third-order valence-electron chi connectivity index (χ3n) is 4.76. The summed E-state index contributed by atoms with van der Waals surface area (Å²) in [6.45, 7) is 1.11. The fourth-order valence-corrected chi connectivity index (χ4v) is 3.26. The molecule has 2 atom stereocenters. The van der Waals surface area contributed by atoms with Crippen LogP contribution in [0.2, 0.25) is 0 Å². The van der Waals surface area contributed by atoms with Gasteiger partial charge < -0.3 is 19.9 Å². The minimum absolute atomic E-state index is 0.0117. The number of aromatic nitrogens is 3. The van der Waals surface area contributed by atoms with E-state index in [0.29, 0.717) is 30.6 Å². The lowest BCUT2D eigenvalue weighted by Crippen LogP contribution is -2.38. The highest BCUT2D eigenvalue weighted by molar-refractivity contribution is 5.92. The Hall–Kier alpha value is -2.35. The Kier molecular flexibility index (Phi) is 3.76. The first-order chi connectivity index (χ1) is 11.6. The van der Waals surface area contributed by atoms with E-state index in [4.69, 9.17) is 15.0 Å². The number of hydrogen-bond donors (Lipinski definition) is 1. The number of methoxy groups -OCH3 is 1. The predicted molar refractivity (Wildman–Crippen MR) is 85.4 cm³/mol. The van der Waals surface area contributed by atoms with Gasteiger partial charge in [0.2, 0.25) is 5.76 Å². The third kappa shape index (κ3) is 2.89. The second-order valence-electron chi connectivity index (χ2n) is 6.56. The van der Waals surface area contributed by atoms with Crippen LogP contribution in [0.15, 0.2) is 22.9 Å². The number of rotatable bonds is 5. The zero-order chi connectivity index (χ0) is 16.7. The first kappa shape index (κ1) is 15.2. The highest BCUT2D eigenvalue weighted by Crippen LogP contribution is 2.39. The van der Waals surface area contributed by atoms with Crippen LogP contribution in [-0.2, 0) is 11.3 Å². The first-order valence-corrected chi connectivity index (χ1v) is 8.23. The van der Waals surface area contributed by atoms with Gasteiger partial charge in [0.05, 0.1) is 24.4 Å². The molecule has 1 saturated heterocycles. The summed E-state index contributed by atoms with van der Waals surface area (Å²) in [7, 11) is 1.67. The van der Waals surface area contributed by atoms with Gasteiger partial charge in [0.25, 0.3) is 5.91 Å². The summed E-state index contributed by atoms with van der Waals surface area (Å²) < 4.78 is 12.5. The Morgan fingerprint density at radius 2 is 2.33 bits per heavy atom. The molecule has 0 spiro atoms. The standard InChI is InChI=1S/C16H21N5O3/c1-23-12-6-11(8-20-5-4-15(17)18-20)21(9-12)16(22)14-7-13(19-24-14)10-2-3-10/h4-5,7,10-12H,2-3,6,8-9H2,1H3,(H2,17,18)/t11-,12+/m0/s1. The lowest BCUT2D eigenvalue weighted by Gasteiger charge is -2.23. The lowest BCUT2D eigenvalue weighted by molar-refractivity contribution is 0.0639. The Bertz CT molecular complexity index is 736. The fraction of sp³-hybridized carbons (Fsp3) is 0.562. The van der Waals surface area contributed by atoms with Crippen molar-refractivity contribution in [3.05, 3.63) is 29.8 Å². The second kappa shape index (κ2) is 5.94. The van der Waals surface area contributed by atoms with Crippen LogP contribution in [0.3, 0.4) is 0 Å². The predicted octanol–water partition coefficient (Wildman–Crippen LogP) is 1.26. The quantitative estimate of drug-likeness (QED) is 0.885. The molecule has 4 rings (SSSR count). The van der Waals surface area contributed by atoms with Crippen LogP contribution in [0, 0.1) is 0 Å². The molecule has 2 fully saturated rings. The van der Waals surface area contributed by atoms with Crippen molar-refractivity contribution in [1.29, 1.82) is 0 Å². The zero-order valence-electron chi connectivity index (χ0n) is 13.6. The maximum Gasteiger partial charge on any atom is 0.292 e. The molecule has 1 aliphatic heterocycles. The Balaban J connectivity index is 1.51. The molecule has 8 nitrogen and oxygen atoms in total. The van der Waals surface area contributed by atoms with Gasteiger partial charge in [0, 0.05) is 31.8 Å². The SMILES string of the molecule is CO[C@@H]1C[C@@H](Cn2ccc(N)n2)N(C(=O)c2cc(C3CC3)no2)C1. The molecule has 2 aromatic rings. The number of ether oxygens (including phenoxy) is 1. The number of amides is 1. The number of nitrogens with zero attached hydrogens (tertiary/aromatic N) is 4. The smallest absolute Gasteiger partial charge is 0.292 e. The number of nitrogens with two attached hydrogens (primary N) is 1. The van der Waals surface area contributed by atoms with Crippen LogP contribution in [0.4, 0.5) is 5.82 Å². The van der Waals surface area contributed by atoms with Gasteiger partial charge in [-0.25, -0.2) is 0 Å². The maximum absolute atomic E-state index is 12.9. The molecular weight excluding hydrogens is 310 g/mol. The van der Waals surface area contributed by atoms with Crippen molar-refractivity contribution in [1.82, 2.24) is 19.8 Å². The molecular formula is C16H21N5O3. The molecule has 24 heavy (non-hydrogen) atoms. The van der Waals surface area contributed by atoms with Crippen molar-refractivity contribution < 1.29 is 14.1 Å². The Labute approximate surface area is 139 Å². The summed E-state index contributed by atoms with van der Waals surface area (Å²) in [6.07, 6.45) is 4.83. The van der Waals surface area contributed by atoms with Gasteiger partial charge in [-0.15, -0.1) is 0 Å². The topological polar surface area (TPSA) is 99.4 Å². The highest BCUT2D eigenvalue weighted by Gasteiger charge is 2.38. The van der Waals surface area contributed by atoms with Crippen LogP contribution < -0.4 is 5.73 Å². The highest BCUT2D eigenvalue weighted by atomic mass is 16.5. The van der Waals surface area contributed by atoms with Crippen LogP contribution in [0.25, 0.3) is 0 Å². The third-order valence-corrected chi connectivity index (χ3v) is 4.76. The van der Waals surface area contributed by atoms with Crippen LogP contribution in [0.1, 0.15) is 41.4 Å². The molecule has 1 saturated carbocycles. The van der Waals surface area contributed by atoms with Crippen molar-refractivity contribution >= 4 is 11.7 Å². The number of carbonyl (C=O) groups is 1. The van der Waals surface area contributed by atoms with Gasteiger partial charge in [-0.3, -0.25) is 9.48 Å². The van der Waals surface area contributed by atoms with Crippen molar-refractivity contribution in [2.45, 2.75) is 43.9 Å². The van der Waals surface area contributed by atoms with Gasteiger partial charge in [-0.05, 0) is 25.3 Å². The number of carbonyl (C=O) groups excluding carboxylic acids is 1. The van der Waals surface area contributed by atoms with E-state index in [-0.39, 0.29) is 18.1 Å². The number of hydrogen-bond acceptors (Lipinski definition) is 6. The van der Waals surface area contributed by atoms with Crippen molar-refractivity contribution in [2.24, 2.45) is 0 Å². The van der Waals surface area contributed by atoms with E-state index in [1.807, 2.05) is 6.20 Å². The average molecular weight is 331 g/mol. The Morgan fingerprint density at radius 1 is 1.50 bits per heavy atom. The normalized spacial score (nSPS) is 23.8. The van der Waals surface area contributed by atoms with Crippen molar-refractivity contribution in [3.8, 4) is 0 Å². The summed E-state index contributed by atoms with van der Waals surface area (Å²) in [5, 5.41) is 8.24. The lowest BCUT2D eigenvalue weighted by atomic mass is 10.2. The molecule has 1 aliphatic carbocycles. The molecule has 2 aliphatic rings. The van der Waals surface area contributed by atoms with Gasteiger partial charge in [0.15, 0.2) is 0 Å². The van der Waals surface area contributed by atoms with E-state index in [9.17, 15) is 4.79 Å². The summed E-state index contributed by atoms with van der Waals surface area (Å²) in [5.74, 6) is 1.10. The van der Waals surface area contributed by atoms with E-state index in [0.717, 1.165) is 25.0 Å². The Morgan fingerprint density at radius 3 is 3.00 bits per heavy atom. The van der Waals surface area contributed by atoms with Crippen LogP contribution in [0.5, 0.6) is 0 Å². The molecule has 2 N–H and O–H groups in total. The summed E-state index contributed by atoms with van der Waals surface area (Å²) in [4.78, 5) is 14.6. The van der Waals surface area contributed by atoms with Gasteiger partial charge >= 0.3 is 0 Å². The monoisotopic (exact) mass is 331 g/mol. The summed E-state index contributed by atoms with van der Waals surface area (Å²) in [5.41, 5.74) is 6.55. The maximum atomic E-state index is 12.9. The molecule has 0 aromatic carbocycles. The molecule has 0 radical (unpaired) electrons. The molecule has 8 heteroatoms.